The molecule has 1 saturated heterocycles. The molecule has 0 saturated carbocycles. The van der Waals surface area contributed by atoms with Gasteiger partial charge in [0.2, 0.25) is 5.91 Å². The number of amides is 1. The smallest absolute Gasteiger partial charge is 0.333 e. The molecule has 0 aromatic rings. The van der Waals surface area contributed by atoms with Crippen LogP contribution in [0.1, 0.15) is 45.4 Å². The van der Waals surface area contributed by atoms with Crippen molar-refractivity contribution in [3.63, 3.8) is 0 Å². The van der Waals surface area contributed by atoms with Crippen LogP contribution >= 0.6 is 0 Å². The maximum absolute atomic E-state index is 12.3. The topological polar surface area (TPSA) is 109 Å². The van der Waals surface area contributed by atoms with E-state index in [1.807, 2.05) is 13.0 Å². The lowest BCUT2D eigenvalue weighted by molar-refractivity contribution is -0.196. The number of carbonyl (C=O) groups is 2. The maximum Gasteiger partial charge on any atom is 0.333 e. The Hall–Kier alpha value is -1.95. The first-order valence-electron chi connectivity index (χ1n) is 9.20. The minimum Gasteiger partial charge on any atom is -0.479 e. The summed E-state index contributed by atoms with van der Waals surface area (Å²) < 4.78 is 16.8. The molecule has 1 heterocycles. The van der Waals surface area contributed by atoms with Crippen molar-refractivity contribution in [1.29, 1.82) is 5.26 Å². The van der Waals surface area contributed by atoms with Gasteiger partial charge in [-0.15, -0.1) is 6.58 Å². The minimum absolute atomic E-state index is 0.124. The summed E-state index contributed by atoms with van der Waals surface area (Å²) in [5.41, 5.74) is -1.74. The summed E-state index contributed by atoms with van der Waals surface area (Å²) in [5.74, 6) is -1.65. The molecule has 152 valence electrons. The van der Waals surface area contributed by atoms with Crippen LogP contribution in [0.3, 0.4) is 0 Å². The average molecular weight is 382 g/mol. The van der Waals surface area contributed by atoms with Crippen LogP contribution in [0.25, 0.3) is 0 Å². The van der Waals surface area contributed by atoms with Crippen LogP contribution in [-0.2, 0) is 23.8 Å². The number of nitrogens with zero attached hydrogens (tertiary/aromatic N) is 2. The highest BCUT2D eigenvalue weighted by Crippen LogP contribution is 2.22. The summed E-state index contributed by atoms with van der Waals surface area (Å²) >= 11 is 0. The van der Waals surface area contributed by atoms with E-state index in [-0.39, 0.29) is 44.4 Å². The molecular formula is C19H30N2O6. The summed E-state index contributed by atoms with van der Waals surface area (Å²) in [7, 11) is 1.38. The number of hydrogen-bond donors (Lipinski definition) is 1. The molecule has 3 atom stereocenters. The lowest BCUT2D eigenvalue weighted by atomic mass is 9.94. The van der Waals surface area contributed by atoms with E-state index >= 15 is 0 Å². The van der Waals surface area contributed by atoms with Crippen LogP contribution in [0.4, 0.5) is 0 Å². The van der Waals surface area contributed by atoms with Gasteiger partial charge in [-0.1, -0.05) is 6.08 Å². The normalized spacial score (nSPS) is 20.1. The fraction of sp³-hybridized carbons (Fsp3) is 0.737. The number of carbonyl (C=O) groups excluding carboxylic acids is 1. The van der Waals surface area contributed by atoms with Crippen LogP contribution in [0.5, 0.6) is 0 Å². The summed E-state index contributed by atoms with van der Waals surface area (Å²) in [5, 5.41) is 18.8. The fourth-order valence-corrected chi connectivity index (χ4v) is 2.82. The molecule has 1 N–H and O–H groups in total. The number of carboxylic acid groups (broad SMARTS) is 1. The molecule has 0 aromatic carbocycles. The van der Waals surface area contributed by atoms with Gasteiger partial charge in [0.1, 0.15) is 0 Å². The van der Waals surface area contributed by atoms with Crippen molar-refractivity contribution in [3.05, 3.63) is 12.7 Å². The Bertz CT molecular complexity index is 541. The quantitative estimate of drug-likeness (QED) is 0.515. The minimum atomic E-state index is -1.74. The first kappa shape index (κ1) is 23.1. The Labute approximate surface area is 160 Å². The zero-order chi connectivity index (χ0) is 20.3. The molecule has 8 nitrogen and oxygen atoms in total. The molecule has 0 bridgehead atoms. The Morgan fingerprint density at radius 2 is 2.26 bits per heavy atom. The molecule has 0 aromatic heterocycles. The number of ether oxygens (including phenoxy) is 3. The van der Waals surface area contributed by atoms with Gasteiger partial charge in [-0.05, 0) is 32.6 Å². The number of allylic oxidation sites excluding steroid dienone is 1. The fourth-order valence-electron chi connectivity index (χ4n) is 2.82. The first-order valence-corrected chi connectivity index (χ1v) is 9.20. The van der Waals surface area contributed by atoms with E-state index < -0.39 is 11.5 Å². The van der Waals surface area contributed by atoms with Gasteiger partial charge in [0.25, 0.3) is 0 Å². The molecule has 8 heteroatoms. The predicted octanol–water partition coefficient (Wildman–Crippen LogP) is 2.10. The molecule has 1 aliphatic heterocycles. The Balaban J connectivity index is 2.67. The summed E-state index contributed by atoms with van der Waals surface area (Å²) in [6, 6.07) is 1.86. The highest BCUT2D eigenvalue weighted by atomic mass is 16.7. The lowest BCUT2D eigenvalue weighted by Gasteiger charge is -2.36. The van der Waals surface area contributed by atoms with Crippen molar-refractivity contribution in [2.24, 2.45) is 0 Å². The van der Waals surface area contributed by atoms with Crippen molar-refractivity contribution in [2.45, 2.75) is 63.4 Å². The van der Waals surface area contributed by atoms with Gasteiger partial charge in [0.15, 0.2) is 11.8 Å². The number of aliphatic carboxylic acids is 1. The molecule has 2 unspecified atom stereocenters. The van der Waals surface area contributed by atoms with E-state index in [9.17, 15) is 14.7 Å². The highest BCUT2D eigenvalue weighted by molar-refractivity contribution is 5.87. The lowest BCUT2D eigenvalue weighted by Crippen LogP contribution is -2.58. The number of likely N-dealkylation sites (N-methyl/N-ethyl adjacent to an activating group) is 1. The number of rotatable bonds is 12. The van der Waals surface area contributed by atoms with Crippen molar-refractivity contribution in [1.82, 2.24) is 4.90 Å². The second-order valence-corrected chi connectivity index (χ2v) is 6.71. The standard InChI is InChI=1S/C19H30N2O6/c1-4-5-8-16(22)21(3)19(10-11-20,18(23)24)14-25-13-15(2)27-17-9-6-7-12-26-17/h4,15,17H,1,5-10,12-14H2,2-3H3,(H,23,24)/t15-,17?,19?/m0/s1. The third-order valence-electron chi connectivity index (χ3n) is 4.56. The van der Waals surface area contributed by atoms with Crippen LogP contribution in [0.2, 0.25) is 0 Å². The zero-order valence-corrected chi connectivity index (χ0v) is 16.2. The van der Waals surface area contributed by atoms with Crippen molar-refractivity contribution in [3.8, 4) is 6.07 Å². The molecule has 1 aliphatic rings. The van der Waals surface area contributed by atoms with Crippen LogP contribution in [0, 0.1) is 11.3 Å². The molecule has 1 rings (SSSR count). The summed E-state index contributed by atoms with van der Waals surface area (Å²) in [4.78, 5) is 25.3. The first-order chi connectivity index (χ1) is 12.9. The second kappa shape index (κ2) is 11.7. The van der Waals surface area contributed by atoms with Gasteiger partial charge in [-0.3, -0.25) is 4.79 Å². The third kappa shape index (κ3) is 6.94. The van der Waals surface area contributed by atoms with Crippen LogP contribution < -0.4 is 0 Å². The molecule has 0 radical (unpaired) electrons. The monoisotopic (exact) mass is 382 g/mol. The van der Waals surface area contributed by atoms with E-state index in [4.69, 9.17) is 19.5 Å². The summed E-state index contributed by atoms with van der Waals surface area (Å²) in [6.45, 7) is 5.86. The molecule has 27 heavy (non-hydrogen) atoms. The van der Waals surface area contributed by atoms with Crippen molar-refractivity contribution in [2.75, 3.05) is 26.9 Å². The van der Waals surface area contributed by atoms with E-state index in [2.05, 4.69) is 6.58 Å². The third-order valence-corrected chi connectivity index (χ3v) is 4.56. The highest BCUT2D eigenvalue weighted by Gasteiger charge is 2.45. The molecule has 1 amide bonds. The van der Waals surface area contributed by atoms with Gasteiger partial charge in [-0.2, -0.15) is 5.26 Å². The largest absolute Gasteiger partial charge is 0.479 e. The summed E-state index contributed by atoms with van der Waals surface area (Å²) in [6.07, 6.45) is 4.07. The second-order valence-electron chi connectivity index (χ2n) is 6.71. The van der Waals surface area contributed by atoms with E-state index in [1.165, 1.54) is 7.05 Å². The van der Waals surface area contributed by atoms with Crippen molar-refractivity contribution >= 4 is 11.9 Å². The number of carboxylic acids is 1. The predicted molar refractivity (Wildman–Crippen MR) is 97.8 cm³/mol. The number of hydrogen-bond acceptors (Lipinski definition) is 6. The van der Waals surface area contributed by atoms with Gasteiger partial charge in [-0.25, -0.2) is 4.79 Å². The SMILES string of the molecule is C=CCCC(=O)N(C)C(CC#N)(COC[C@H](C)OC1CCCCO1)C(=O)O. The van der Waals surface area contributed by atoms with Gasteiger partial charge in [0, 0.05) is 20.1 Å². The number of nitriles is 1. The molecule has 0 spiro atoms. The molecular weight excluding hydrogens is 352 g/mol. The van der Waals surface area contributed by atoms with E-state index in [1.54, 1.807) is 6.08 Å². The van der Waals surface area contributed by atoms with E-state index in [0.29, 0.717) is 13.0 Å². The van der Waals surface area contributed by atoms with Crippen LogP contribution in [-0.4, -0.2) is 66.7 Å². The van der Waals surface area contributed by atoms with Crippen LogP contribution in [0.15, 0.2) is 12.7 Å². The molecule has 0 aliphatic carbocycles. The van der Waals surface area contributed by atoms with E-state index in [0.717, 1.165) is 24.2 Å². The Morgan fingerprint density at radius 3 is 2.81 bits per heavy atom. The van der Waals surface area contributed by atoms with Crippen molar-refractivity contribution < 1.29 is 28.9 Å². The Kier molecular flexibility index (Phi) is 10.0. The molecule has 1 fully saturated rings. The van der Waals surface area contributed by atoms with Gasteiger partial charge < -0.3 is 24.2 Å². The maximum atomic E-state index is 12.3. The zero-order valence-electron chi connectivity index (χ0n) is 16.2. The Morgan fingerprint density at radius 1 is 1.52 bits per heavy atom. The average Bonchev–Trinajstić information content (AvgIpc) is 2.65. The van der Waals surface area contributed by atoms with Gasteiger partial charge in [0.05, 0.1) is 31.8 Å². The van der Waals surface area contributed by atoms with Gasteiger partial charge >= 0.3 is 5.97 Å².